The van der Waals surface area contributed by atoms with E-state index in [1.54, 1.807) is 0 Å². The molecule has 0 bridgehead atoms. The van der Waals surface area contributed by atoms with Crippen molar-refractivity contribution in [2.24, 2.45) is 0 Å². The summed E-state index contributed by atoms with van der Waals surface area (Å²) in [5.41, 5.74) is 10.8. The van der Waals surface area contributed by atoms with Crippen molar-refractivity contribution in [3.8, 4) is 45.5 Å². The second-order valence-corrected chi connectivity index (χ2v) is 16.8. The molecule has 4 heterocycles. The van der Waals surface area contributed by atoms with Crippen molar-refractivity contribution in [3.63, 3.8) is 0 Å². The molecule has 0 fully saturated rings. The lowest BCUT2D eigenvalue weighted by atomic mass is 10.0. The van der Waals surface area contributed by atoms with E-state index < -0.39 is 0 Å². The van der Waals surface area contributed by atoms with E-state index in [2.05, 4.69) is 203 Å². The first kappa shape index (κ1) is 35.7. The predicted molar refractivity (Wildman–Crippen MR) is 267 cm³/mol. The molecule has 0 amide bonds. The van der Waals surface area contributed by atoms with Gasteiger partial charge >= 0.3 is 0 Å². The summed E-state index contributed by atoms with van der Waals surface area (Å²) in [6.45, 7) is 0. The number of rotatable bonds is 5. The van der Waals surface area contributed by atoms with Crippen LogP contribution >= 0.6 is 0 Å². The fourth-order valence-electron chi connectivity index (χ4n) is 10.1. The fraction of sp³-hybridized carbons (Fsp3) is 0. The van der Waals surface area contributed by atoms with Crippen molar-refractivity contribution in [2.45, 2.75) is 0 Å². The molecule has 0 unspecified atom stereocenters. The summed E-state index contributed by atoms with van der Waals surface area (Å²) in [7, 11) is 0. The Labute approximate surface area is 371 Å². The molecule has 14 aromatic rings. The number of aromatic nitrogens is 5. The van der Waals surface area contributed by atoms with E-state index in [1.165, 1.54) is 32.3 Å². The van der Waals surface area contributed by atoms with Crippen molar-refractivity contribution < 1.29 is 4.42 Å². The van der Waals surface area contributed by atoms with Crippen LogP contribution < -0.4 is 0 Å². The van der Waals surface area contributed by atoms with E-state index in [9.17, 15) is 0 Å². The number of hydrogen-bond acceptors (Lipinski definition) is 4. The molecule has 302 valence electrons. The van der Waals surface area contributed by atoms with E-state index >= 15 is 0 Å². The number of nitrogens with zero attached hydrogens (tertiary/aromatic N) is 5. The lowest BCUT2D eigenvalue weighted by molar-refractivity contribution is 0.668. The molecular formula is C59H35N5O. The highest BCUT2D eigenvalue weighted by Crippen LogP contribution is 2.43. The summed E-state index contributed by atoms with van der Waals surface area (Å²) < 4.78 is 11.4. The Bertz CT molecular complexity index is 4090. The number of para-hydroxylation sites is 3. The van der Waals surface area contributed by atoms with Gasteiger partial charge in [-0.1, -0.05) is 158 Å². The Hall–Kier alpha value is -8.87. The van der Waals surface area contributed by atoms with Gasteiger partial charge in [-0.2, -0.15) is 9.97 Å². The average molecular weight is 830 g/mol. The minimum Gasteiger partial charge on any atom is -0.456 e. The molecule has 0 aliphatic rings. The third-order valence-electron chi connectivity index (χ3n) is 13.1. The molecule has 4 aromatic heterocycles. The first-order valence-corrected chi connectivity index (χ1v) is 21.9. The highest BCUT2D eigenvalue weighted by molar-refractivity contribution is 6.18. The zero-order valence-corrected chi connectivity index (χ0v) is 34.9. The van der Waals surface area contributed by atoms with Crippen LogP contribution in [0.5, 0.6) is 0 Å². The highest BCUT2D eigenvalue weighted by Gasteiger charge is 2.23. The van der Waals surface area contributed by atoms with Crippen molar-refractivity contribution in [2.75, 3.05) is 0 Å². The van der Waals surface area contributed by atoms with Crippen molar-refractivity contribution in [1.29, 1.82) is 0 Å². The average Bonchev–Trinajstić information content (AvgIpc) is 4.02. The summed E-state index contributed by atoms with van der Waals surface area (Å²) in [4.78, 5) is 16.2. The first-order valence-electron chi connectivity index (χ1n) is 21.9. The SMILES string of the molecule is c1ccc(-c2ccc(-c3nc(-c4cc(-n5c6cc7ccccc7cc6c6cc7ccccc7cc65)cc5oc6ccccc6c45)nc(-n4c5ccccc5c5ccccc54)n3)cc2)cc1. The molecule has 0 N–H and O–H groups in total. The molecule has 14 rings (SSSR count). The van der Waals surface area contributed by atoms with Gasteiger partial charge in [0.25, 0.3) is 0 Å². The summed E-state index contributed by atoms with van der Waals surface area (Å²) in [5, 5.41) is 11.3. The van der Waals surface area contributed by atoms with E-state index in [1.807, 2.05) is 18.2 Å². The molecule has 0 saturated heterocycles. The minimum atomic E-state index is 0.538. The Morgan fingerprint density at radius 2 is 0.831 bits per heavy atom. The Balaban J connectivity index is 1.09. The van der Waals surface area contributed by atoms with Gasteiger partial charge in [-0.3, -0.25) is 4.57 Å². The normalized spacial score (nSPS) is 12.0. The summed E-state index contributed by atoms with van der Waals surface area (Å²) in [6, 6.07) is 75.1. The lowest BCUT2D eigenvalue weighted by Crippen LogP contribution is -2.07. The van der Waals surface area contributed by atoms with Gasteiger partial charge < -0.3 is 8.98 Å². The fourth-order valence-corrected chi connectivity index (χ4v) is 10.1. The van der Waals surface area contributed by atoms with Gasteiger partial charge in [0.15, 0.2) is 11.6 Å². The maximum Gasteiger partial charge on any atom is 0.238 e. The van der Waals surface area contributed by atoms with Crippen molar-refractivity contribution in [3.05, 3.63) is 212 Å². The van der Waals surface area contributed by atoms with Crippen LogP contribution in [0.25, 0.3) is 133 Å². The zero-order valence-electron chi connectivity index (χ0n) is 34.9. The molecule has 0 spiro atoms. The maximum atomic E-state index is 6.82. The van der Waals surface area contributed by atoms with Gasteiger partial charge in [0.1, 0.15) is 11.2 Å². The van der Waals surface area contributed by atoms with Gasteiger partial charge in [-0.25, -0.2) is 4.98 Å². The highest BCUT2D eigenvalue weighted by atomic mass is 16.3. The molecule has 6 heteroatoms. The summed E-state index contributed by atoms with van der Waals surface area (Å²) in [5.74, 6) is 1.66. The third kappa shape index (κ3) is 5.51. The van der Waals surface area contributed by atoms with E-state index in [4.69, 9.17) is 19.4 Å². The van der Waals surface area contributed by atoms with E-state index in [0.717, 1.165) is 82.7 Å². The summed E-state index contributed by atoms with van der Waals surface area (Å²) in [6.07, 6.45) is 0. The quantitative estimate of drug-likeness (QED) is 0.173. The van der Waals surface area contributed by atoms with Gasteiger partial charge in [0.05, 0.1) is 27.8 Å². The van der Waals surface area contributed by atoms with E-state index in [0.29, 0.717) is 17.6 Å². The molecule has 0 saturated carbocycles. The maximum absolute atomic E-state index is 6.82. The second kappa shape index (κ2) is 13.8. The Morgan fingerprint density at radius 3 is 1.48 bits per heavy atom. The number of hydrogen-bond donors (Lipinski definition) is 0. The minimum absolute atomic E-state index is 0.538. The van der Waals surface area contributed by atoms with Crippen LogP contribution in [-0.2, 0) is 0 Å². The third-order valence-corrected chi connectivity index (χ3v) is 13.1. The lowest BCUT2D eigenvalue weighted by Gasteiger charge is -2.14. The zero-order chi connectivity index (χ0) is 42.6. The van der Waals surface area contributed by atoms with Crippen molar-refractivity contribution in [1.82, 2.24) is 24.1 Å². The molecule has 0 aliphatic carbocycles. The van der Waals surface area contributed by atoms with Crippen LogP contribution in [0.3, 0.4) is 0 Å². The molecule has 0 atom stereocenters. The Morgan fingerprint density at radius 1 is 0.323 bits per heavy atom. The monoisotopic (exact) mass is 829 g/mol. The van der Waals surface area contributed by atoms with Gasteiger partial charge in [-0.05, 0) is 81.2 Å². The molecule has 0 radical (unpaired) electrons. The summed E-state index contributed by atoms with van der Waals surface area (Å²) >= 11 is 0. The van der Waals surface area contributed by atoms with Crippen LogP contribution in [0.15, 0.2) is 217 Å². The van der Waals surface area contributed by atoms with Gasteiger partial charge in [0, 0.05) is 49.5 Å². The van der Waals surface area contributed by atoms with Crippen LogP contribution in [0, 0.1) is 0 Å². The van der Waals surface area contributed by atoms with Crippen LogP contribution in [0.2, 0.25) is 0 Å². The second-order valence-electron chi connectivity index (χ2n) is 16.8. The van der Waals surface area contributed by atoms with Crippen LogP contribution in [0.1, 0.15) is 0 Å². The predicted octanol–water partition coefficient (Wildman–Crippen LogP) is 15.3. The van der Waals surface area contributed by atoms with Crippen LogP contribution in [0.4, 0.5) is 0 Å². The van der Waals surface area contributed by atoms with Crippen LogP contribution in [-0.4, -0.2) is 24.1 Å². The van der Waals surface area contributed by atoms with E-state index in [-0.39, 0.29) is 0 Å². The number of benzene rings is 10. The standard InChI is InChI=1S/C59H35N5O/c1-2-14-36(15-3-1)37-26-28-38(29-27-37)57-60-58(62-59(61-57)64-50-23-11-8-20-44(50)45-21-9-12-24-51(45)64)49-34-43(35-55-56(49)46-22-10-13-25-54(46)65-55)63-52-32-41-18-6-4-16-39(41)30-47(52)48-31-40-17-5-7-19-42(40)33-53(48)63/h1-35H. The first-order chi connectivity index (χ1) is 32.2. The number of fused-ring (bicyclic) bond motifs is 11. The van der Waals surface area contributed by atoms with Crippen molar-refractivity contribution >= 4 is 87.1 Å². The largest absolute Gasteiger partial charge is 0.456 e. The number of furan rings is 1. The van der Waals surface area contributed by atoms with Gasteiger partial charge in [0.2, 0.25) is 5.95 Å². The molecule has 65 heavy (non-hydrogen) atoms. The molecular weight excluding hydrogens is 795 g/mol. The van der Waals surface area contributed by atoms with Gasteiger partial charge in [-0.15, -0.1) is 0 Å². The Kier molecular flexibility index (Phi) is 7.59. The molecule has 6 nitrogen and oxygen atoms in total. The topological polar surface area (TPSA) is 61.7 Å². The molecule has 10 aromatic carbocycles. The smallest absolute Gasteiger partial charge is 0.238 e. The molecule has 0 aliphatic heterocycles.